The molecule has 0 bridgehead atoms. The number of benzene rings is 1. The van der Waals surface area contributed by atoms with Gasteiger partial charge in [-0.15, -0.1) is 12.4 Å². The summed E-state index contributed by atoms with van der Waals surface area (Å²) in [5.74, 6) is 0.686. The molecule has 0 aliphatic rings. The number of esters is 1. The zero-order valence-corrected chi connectivity index (χ0v) is 11.4. The molecule has 0 radical (unpaired) electrons. The highest BCUT2D eigenvalue weighted by Gasteiger charge is 2.19. The van der Waals surface area contributed by atoms with E-state index in [-0.39, 0.29) is 24.9 Å². The van der Waals surface area contributed by atoms with E-state index in [1.54, 1.807) is 13.0 Å². The molecule has 0 aliphatic carbocycles. The normalized spacial score (nSPS) is 9.79. The van der Waals surface area contributed by atoms with Gasteiger partial charge in [0, 0.05) is 5.56 Å². The van der Waals surface area contributed by atoms with Gasteiger partial charge < -0.3 is 14.9 Å². The summed E-state index contributed by atoms with van der Waals surface area (Å²) in [5, 5.41) is 0. The Labute approximate surface area is 118 Å². The van der Waals surface area contributed by atoms with Crippen LogP contribution in [0.5, 0.6) is 0 Å². The Balaban J connectivity index is 0.00000180. The van der Waals surface area contributed by atoms with Gasteiger partial charge in [-0.3, -0.25) is 0 Å². The van der Waals surface area contributed by atoms with Gasteiger partial charge in [0.15, 0.2) is 0 Å². The number of ether oxygens (including phenoxy) is 1. The van der Waals surface area contributed by atoms with Crippen molar-refractivity contribution in [3.05, 3.63) is 47.7 Å². The molecule has 1 aromatic heterocycles. The van der Waals surface area contributed by atoms with Crippen LogP contribution < -0.4 is 5.73 Å². The van der Waals surface area contributed by atoms with Crippen LogP contribution in [0.15, 0.2) is 40.8 Å². The molecule has 4 nitrogen and oxygen atoms in total. The van der Waals surface area contributed by atoms with E-state index in [1.165, 1.54) is 0 Å². The summed E-state index contributed by atoms with van der Waals surface area (Å²) < 4.78 is 10.6. The molecule has 0 amide bonds. The molecular weight excluding hydrogens is 266 g/mol. The lowest BCUT2D eigenvalue weighted by atomic mass is 10.1. The second kappa shape index (κ2) is 6.97. The average molecular weight is 282 g/mol. The maximum atomic E-state index is 11.8. The maximum Gasteiger partial charge on any atom is 0.342 e. The van der Waals surface area contributed by atoms with E-state index < -0.39 is 0 Å². The van der Waals surface area contributed by atoms with Crippen molar-refractivity contribution in [2.45, 2.75) is 13.5 Å². The van der Waals surface area contributed by atoms with Gasteiger partial charge in [0.1, 0.15) is 17.1 Å². The fourth-order valence-corrected chi connectivity index (χ4v) is 1.71. The summed E-state index contributed by atoms with van der Waals surface area (Å²) in [4.78, 5) is 11.8. The third-order valence-electron chi connectivity index (χ3n) is 2.52. The molecule has 0 unspecified atom stereocenters. The molecule has 102 valence electrons. The number of nitrogens with two attached hydrogens (primary N) is 1. The quantitative estimate of drug-likeness (QED) is 0.875. The first-order valence-corrected chi connectivity index (χ1v) is 5.81. The lowest BCUT2D eigenvalue weighted by molar-refractivity contribution is 0.0527. The highest BCUT2D eigenvalue weighted by molar-refractivity contribution is 5.96. The van der Waals surface area contributed by atoms with E-state index in [0.717, 1.165) is 5.56 Å². The first kappa shape index (κ1) is 15.3. The van der Waals surface area contributed by atoms with Crippen LogP contribution in [0.1, 0.15) is 23.0 Å². The number of hydrogen-bond acceptors (Lipinski definition) is 4. The van der Waals surface area contributed by atoms with Gasteiger partial charge in [-0.25, -0.2) is 4.79 Å². The monoisotopic (exact) mass is 281 g/mol. The zero-order valence-electron chi connectivity index (χ0n) is 10.6. The largest absolute Gasteiger partial charge is 0.462 e. The summed E-state index contributed by atoms with van der Waals surface area (Å²) in [7, 11) is 0. The molecule has 0 spiro atoms. The van der Waals surface area contributed by atoms with E-state index in [9.17, 15) is 4.79 Å². The third-order valence-corrected chi connectivity index (χ3v) is 2.52. The van der Waals surface area contributed by atoms with E-state index in [2.05, 4.69) is 0 Å². The van der Waals surface area contributed by atoms with Crippen LogP contribution in [0, 0.1) is 0 Å². The molecule has 5 heteroatoms. The van der Waals surface area contributed by atoms with E-state index in [4.69, 9.17) is 14.9 Å². The second-order valence-electron chi connectivity index (χ2n) is 3.75. The molecule has 0 saturated carbocycles. The first-order chi connectivity index (χ1) is 8.76. The summed E-state index contributed by atoms with van der Waals surface area (Å²) in [6.45, 7) is 2.35. The van der Waals surface area contributed by atoms with Crippen molar-refractivity contribution >= 4 is 18.4 Å². The number of rotatable bonds is 4. The molecule has 2 aromatic rings. The Hall–Kier alpha value is -1.78. The smallest absolute Gasteiger partial charge is 0.342 e. The van der Waals surface area contributed by atoms with Crippen LogP contribution in [0.4, 0.5) is 0 Å². The lowest BCUT2D eigenvalue weighted by Gasteiger charge is -2.02. The van der Waals surface area contributed by atoms with Crippen molar-refractivity contribution < 1.29 is 13.9 Å². The minimum atomic E-state index is -0.389. The molecular formula is C14H16ClNO3. The summed E-state index contributed by atoms with van der Waals surface area (Å²) in [6.07, 6.45) is 0. The van der Waals surface area contributed by atoms with E-state index >= 15 is 0 Å². The number of carbonyl (C=O) groups excluding carboxylic acids is 1. The fraction of sp³-hybridized carbons (Fsp3) is 0.214. The van der Waals surface area contributed by atoms with Gasteiger partial charge >= 0.3 is 5.97 Å². The minimum absolute atomic E-state index is 0. The van der Waals surface area contributed by atoms with Gasteiger partial charge in [0.05, 0.1) is 13.2 Å². The molecule has 1 aromatic carbocycles. The molecule has 0 atom stereocenters. The Morgan fingerprint density at radius 2 is 2.00 bits per heavy atom. The summed E-state index contributed by atoms with van der Waals surface area (Å²) in [6, 6.07) is 11.1. The van der Waals surface area contributed by atoms with Crippen LogP contribution in [0.3, 0.4) is 0 Å². The SMILES string of the molecule is CCOC(=O)c1cc(CN)oc1-c1ccccc1.Cl. The van der Waals surface area contributed by atoms with Gasteiger partial charge in [-0.1, -0.05) is 30.3 Å². The van der Waals surface area contributed by atoms with Gasteiger partial charge in [0.25, 0.3) is 0 Å². The molecule has 1 heterocycles. The zero-order chi connectivity index (χ0) is 13.0. The summed E-state index contributed by atoms with van der Waals surface area (Å²) in [5.41, 5.74) is 6.79. The second-order valence-corrected chi connectivity index (χ2v) is 3.75. The Kier molecular flexibility index (Phi) is 5.60. The molecule has 0 aliphatic heterocycles. The van der Waals surface area contributed by atoms with Crippen molar-refractivity contribution in [1.29, 1.82) is 0 Å². The van der Waals surface area contributed by atoms with Crippen LogP contribution in [0.25, 0.3) is 11.3 Å². The fourth-order valence-electron chi connectivity index (χ4n) is 1.71. The van der Waals surface area contributed by atoms with Crippen molar-refractivity contribution in [3.63, 3.8) is 0 Å². The predicted octanol–water partition coefficient (Wildman–Crippen LogP) is 3.00. The van der Waals surface area contributed by atoms with E-state index in [1.807, 2.05) is 30.3 Å². The number of hydrogen-bond donors (Lipinski definition) is 1. The molecule has 19 heavy (non-hydrogen) atoms. The van der Waals surface area contributed by atoms with Crippen molar-refractivity contribution in [2.75, 3.05) is 6.61 Å². The standard InChI is InChI=1S/C14H15NO3.ClH/c1-2-17-14(16)12-8-11(9-15)18-13(12)10-6-4-3-5-7-10;/h3-8H,2,9,15H2,1H3;1H. The Bertz CT molecular complexity index is 537. The van der Waals surface area contributed by atoms with Gasteiger partial charge in [-0.2, -0.15) is 0 Å². The highest BCUT2D eigenvalue weighted by atomic mass is 35.5. The van der Waals surface area contributed by atoms with Gasteiger partial charge in [-0.05, 0) is 13.0 Å². The highest BCUT2D eigenvalue weighted by Crippen LogP contribution is 2.27. The van der Waals surface area contributed by atoms with Gasteiger partial charge in [0.2, 0.25) is 0 Å². The Morgan fingerprint density at radius 3 is 2.58 bits per heavy atom. The molecule has 2 N–H and O–H groups in total. The van der Waals surface area contributed by atoms with Crippen molar-refractivity contribution in [3.8, 4) is 11.3 Å². The third kappa shape index (κ3) is 3.36. The molecule has 0 fully saturated rings. The number of furan rings is 1. The topological polar surface area (TPSA) is 65.5 Å². The molecule has 2 rings (SSSR count). The summed E-state index contributed by atoms with van der Waals surface area (Å²) >= 11 is 0. The predicted molar refractivity (Wildman–Crippen MR) is 75.2 cm³/mol. The van der Waals surface area contributed by atoms with Crippen LogP contribution >= 0.6 is 12.4 Å². The number of carbonyl (C=O) groups is 1. The van der Waals surface area contributed by atoms with Crippen LogP contribution in [-0.2, 0) is 11.3 Å². The van der Waals surface area contributed by atoms with E-state index in [0.29, 0.717) is 23.7 Å². The number of halogens is 1. The minimum Gasteiger partial charge on any atom is -0.462 e. The van der Waals surface area contributed by atoms with Crippen molar-refractivity contribution in [1.82, 2.24) is 0 Å². The van der Waals surface area contributed by atoms with Crippen LogP contribution in [0.2, 0.25) is 0 Å². The Morgan fingerprint density at radius 1 is 1.32 bits per heavy atom. The first-order valence-electron chi connectivity index (χ1n) is 5.81. The van der Waals surface area contributed by atoms with Crippen molar-refractivity contribution in [2.24, 2.45) is 5.73 Å². The average Bonchev–Trinajstić information content (AvgIpc) is 2.84. The maximum absolute atomic E-state index is 11.8. The van der Waals surface area contributed by atoms with Crippen LogP contribution in [-0.4, -0.2) is 12.6 Å². The lowest BCUT2D eigenvalue weighted by Crippen LogP contribution is -2.04. The molecule has 0 saturated heterocycles.